The van der Waals surface area contributed by atoms with Gasteiger partial charge in [-0.15, -0.1) is 0 Å². The van der Waals surface area contributed by atoms with E-state index in [2.05, 4.69) is 32.0 Å². The number of hydrogen-bond acceptors (Lipinski definition) is 2. The predicted octanol–water partition coefficient (Wildman–Crippen LogP) is 4.57. The summed E-state index contributed by atoms with van der Waals surface area (Å²) in [6.07, 6.45) is 7.99. The van der Waals surface area contributed by atoms with Gasteiger partial charge in [0.25, 0.3) is 0 Å². The summed E-state index contributed by atoms with van der Waals surface area (Å²) < 4.78 is 0.978. The van der Waals surface area contributed by atoms with Gasteiger partial charge in [-0.3, -0.25) is 4.98 Å². The van der Waals surface area contributed by atoms with Crippen LogP contribution in [0.25, 0.3) is 10.9 Å². The van der Waals surface area contributed by atoms with Crippen molar-refractivity contribution in [2.75, 3.05) is 0 Å². The smallest absolute Gasteiger partial charge is 0.103 e. The minimum Gasteiger partial charge on any atom is -0.387 e. The molecule has 0 bridgehead atoms. The fourth-order valence-corrected chi connectivity index (χ4v) is 3.19. The first-order valence-corrected chi connectivity index (χ1v) is 7.91. The fraction of sp³-hybridized carbons (Fsp3) is 0.375. The van der Waals surface area contributed by atoms with Crippen molar-refractivity contribution in [2.24, 2.45) is 16.6 Å². The van der Waals surface area contributed by atoms with Crippen LogP contribution < -0.4 is 5.73 Å². The van der Waals surface area contributed by atoms with Gasteiger partial charge in [-0.25, -0.2) is 4.99 Å². The maximum absolute atomic E-state index is 6.21. The molecule has 0 spiro atoms. The Hall–Kier alpha value is -1.42. The molecular formula is C16H18BrN3. The van der Waals surface area contributed by atoms with Gasteiger partial charge in [0.2, 0.25) is 0 Å². The molecule has 2 N–H and O–H groups in total. The number of nitrogens with two attached hydrogens (primary N) is 1. The number of hydrogen-bond donors (Lipinski definition) is 1. The van der Waals surface area contributed by atoms with Crippen LogP contribution in [0.4, 0.5) is 5.69 Å². The molecule has 0 radical (unpaired) electrons. The SMILES string of the molecule is NC(=Nc1cccc2cc(Br)cnc12)C1CCCCC1. The Morgan fingerprint density at radius 2 is 2.05 bits per heavy atom. The standard InChI is InChI=1S/C16H18BrN3/c17-13-9-12-7-4-8-14(15(12)19-10-13)20-16(18)11-5-2-1-3-6-11/h4,7-11H,1-3,5-6H2,(H2,18,20). The van der Waals surface area contributed by atoms with Gasteiger partial charge in [-0.05, 0) is 40.9 Å². The molecule has 4 heteroatoms. The molecular weight excluding hydrogens is 314 g/mol. The highest BCUT2D eigenvalue weighted by Gasteiger charge is 2.17. The molecule has 1 saturated carbocycles. The zero-order chi connectivity index (χ0) is 13.9. The molecule has 1 aliphatic carbocycles. The second-order valence-corrected chi connectivity index (χ2v) is 6.29. The van der Waals surface area contributed by atoms with Crippen LogP contribution in [0.2, 0.25) is 0 Å². The van der Waals surface area contributed by atoms with Gasteiger partial charge in [0.15, 0.2) is 0 Å². The number of amidine groups is 1. The average molecular weight is 332 g/mol. The number of fused-ring (bicyclic) bond motifs is 1. The number of halogens is 1. The third-order valence-electron chi connectivity index (χ3n) is 3.93. The zero-order valence-corrected chi connectivity index (χ0v) is 12.9. The van der Waals surface area contributed by atoms with Crippen LogP contribution in [0.3, 0.4) is 0 Å². The molecule has 0 unspecified atom stereocenters. The van der Waals surface area contributed by atoms with Crippen molar-refractivity contribution >= 4 is 38.4 Å². The van der Waals surface area contributed by atoms with Crippen molar-refractivity contribution in [1.82, 2.24) is 4.98 Å². The third-order valence-corrected chi connectivity index (χ3v) is 4.36. The molecule has 20 heavy (non-hydrogen) atoms. The second kappa shape index (κ2) is 5.92. The average Bonchev–Trinajstić information content (AvgIpc) is 2.48. The van der Waals surface area contributed by atoms with Gasteiger partial charge in [0.1, 0.15) is 5.84 Å². The van der Waals surface area contributed by atoms with Crippen molar-refractivity contribution in [3.05, 3.63) is 34.9 Å². The van der Waals surface area contributed by atoms with E-state index in [1.807, 2.05) is 18.2 Å². The van der Waals surface area contributed by atoms with Gasteiger partial charge < -0.3 is 5.73 Å². The van der Waals surface area contributed by atoms with E-state index in [9.17, 15) is 0 Å². The zero-order valence-electron chi connectivity index (χ0n) is 11.3. The minimum atomic E-state index is 0.439. The van der Waals surface area contributed by atoms with Crippen molar-refractivity contribution in [3.63, 3.8) is 0 Å². The first-order valence-electron chi connectivity index (χ1n) is 7.12. The number of nitrogens with zero attached hydrogens (tertiary/aromatic N) is 2. The summed E-state index contributed by atoms with van der Waals surface area (Å²) >= 11 is 3.45. The molecule has 0 saturated heterocycles. The van der Waals surface area contributed by atoms with Gasteiger partial charge in [0.05, 0.1) is 11.2 Å². The van der Waals surface area contributed by atoms with E-state index in [4.69, 9.17) is 5.73 Å². The van der Waals surface area contributed by atoms with E-state index in [-0.39, 0.29) is 0 Å². The Balaban J connectivity index is 1.97. The maximum atomic E-state index is 6.21. The minimum absolute atomic E-state index is 0.439. The van der Waals surface area contributed by atoms with E-state index in [0.717, 1.165) is 26.9 Å². The molecule has 1 aromatic carbocycles. The first kappa shape index (κ1) is 13.6. The number of benzene rings is 1. The quantitative estimate of drug-likeness (QED) is 0.647. The summed E-state index contributed by atoms with van der Waals surface area (Å²) in [5.74, 6) is 1.20. The number of aromatic nitrogens is 1. The Morgan fingerprint density at radius 1 is 1.25 bits per heavy atom. The lowest BCUT2D eigenvalue weighted by Gasteiger charge is -2.20. The molecule has 0 atom stereocenters. The van der Waals surface area contributed by atoms with E-state index < -0.39 is 0 Å². The summed E-state index contributed by atoms with van der Waals surface area (Å²) in [5.41, 5.74) is 8.00. The Morgan fingerprint density at radius 3 is 2.85 bits per heavy atom. The monoisotopic (exact) mass is 331 g/mol. The van der Waals surface area contributed by atoms with E-state index in [1.165, 1.54) is 32.1 Å². The van der Waals surface area contributed by atoms with Crippen LogP contribution in [0, 0.1) is 5.92 Å². The van der Waals surface area contributed by atoms with Gasteiger partial charge >= 0.3 is 0 Å². The molecule has 1 aromatic heterocycles. The van der Waals surface area contributed by atoms with Gasteiger partial charge in [-0.2, -0.15) is 0 Å². The lowest BCUT2D eigenvalue weighted by atomic mass is 9.88. The summed E-state index contributed by atoms with van der Waals surface area (Å²) in [4.78, 5) is 9.13. The highest BCUT2D eigenvalue weighted by molar-refractivity contribution is 9.10. The number of aliphatic imine (C=N–C) groups is 1. The second-order valence-electron chi connectivity index (χ2n) is 5.37. The van der Waals surface area contributed by atoms with E-state index >= 15 is 0 Å². The number of pyridine rings is 1. The van der Waals surface area contributed by atoms with Crippen molar-refractivity contribution in [3.8, 4) is 0 Å². The van der Waals surface area contributed by atoms with E-state index in [0.29, 0.717) is 5.92 Å². The fourth-order valence-electron chi connectivity index (χ4n) is 2.84. The van der Waals surface area contributed by atoms with Crippen LogP contribution in [-0.4, -0.2) is 10.8 Å². The molecule has 3 rings (SSSR count). The topological polar surface area (TPSA) is 51.3 Å². The largest absolute Gasteiger partial charge is 0.387 e. The van der Waals surface area contributed by atoms with Crippen LogP contribution in [0.15, 0.2) is 39.9 Å². The lowest BCUT2D eigenvalue weighted by Crippen LogP contribution is -2.25. The molecule has 1 fully saturated rings. The summed E-state index contributed by atoms with van der Waals surface area (Å²) in [7, 11) is 0. The van der Waals surface area contributed by atoms with Crippen molar-refractivity contribution in [1.29, 1.82) is 0 Å². The molecule has 0 aliphatic heterocycles. The van der Waals surface area contributed by atoms with Crippen LogP contribution >= 0.6 is 15.9 Å². The maximum Gasteiger partial charge on any atom is 0.103 e. The normalized spacial score (nSPS) is 17.6. The van der Waals surface area contributed by atoms with Crippen LogP contribution in [0.5, 0.6) is 0 Å². The number of para-hydroxylation sites is 1. The van der Waals surface area contributed by atoms with E-state index in [1.54, 1.807) is 6.20 Å². The highest BCUT2D eigenvalue weighted by Crippen LogP contribution is 2.29. The van der Waals surface area contributed by atoms with Gasteiger partial charge in [-0.1, -0.05) is 31.4 Å². The molecule has 2 aromatic rings. The Kier molecular flexibility index (Phi) is 4.01. The van der Waals surface area contributed by atoms with Crippen LogP contribution in [-0.2, 0) is 0 Å². The summed E-state index contributed by atoms with van der Waals surface area (Å²) in [5, 5.41) is 1.08. The summed E-state index contributed by atoms with van der Waals surface area (Å²) in [6.45, 7) is 0. The Labute approximate surface area is 127 Å². The summed E-state index contributed by atoms with van der Waals surface area (Å²) in [6, 6.07) is 8.09. The number of rotatable bonds is 2. The Bertz CT molecular complexity index is 645. The van der Waals surface area contributed by atoms with Gasteiger partial charge in [0, 0.05) is 22.0 Å². The highest BCUT2D eigenvalue weighted by atomic mass is 79.9. The molecule has 3 nitrogen and oxygen atoms in total. The molecule has 104 valence electrons. The third kappa shape index (κ3) is 2.85. The van der Waals surface area contributed by atoms with Crippen molar-refractivity contribution in [2.45, 2.75) is 32.1 Å². The van der Waals surface area contributed by atoms with Crippen molar-refractivity contribution < 1.29 is 0 Å². The van der Waals surface area contributed by atoms with Crippen LogP contribution in [0.1, 0.15) is 32.1 Å². The lowest BCUT2D eigenvalue weighted by molar-refractivity contribution is 0.437. The predicted molar refractivity (Wildman–Crippen MR) is 87.3 cm³/mol. The molecule has 1 aliphatic rings. The molecule has 1 heterocycles. The first-order chi connectivity index (χ1) is 9.74. The molecule has 0 amide bonds.